The van der Waals surface area contributed by atoms with Crippen molar-refractivity contribution < 1.29 is 30.0 Å². The fourth-order valence-electron chi connectivity index (χ4n) is 3.17. The van der Waals surface area contributed by atoms with E-state index in [4.69, 9.17) is 0 Å². The Bertz CT molecular complexity index is 1110. The molecule has 26 heavy (non-hydrogen) atoms. The number of phenols is 4. The van der Waals surface area contributed by atoms with Crippen molar-refractivity contribution in [3.8, 4) is 34.1 Å². The molecule has 0 aromatic heterocycles. The maximum absolute atomic E-state index is 12.8. The van der Waals surface area contributed by atoms with E-state index in [2.05, 4.69) is 0 Å². The molecule has 6 nitrogen and oxygen atoms in total. The summed E-state index contributed by atoms with van der Waals surface area (Å²) in [6, 6.07) is 11.1. The molecule has 3 aromatic rings. The minimum Gasteiger partial charge on any atom is -0.507 e. The molecule has 0 atom stereocenters. The Morgan fingerprint density at radius 2 is 1.19 bits per heavy atom. The van der Waals surface area contributed by atoms with Crippen LogP contribution in [0.15, 0.2) is 48.5 Å². The van der Waals surface area contributed by atoms with E-state index in [1.807, 2.05) is 0 Å². The zero-order valence-corrected chi connectivity index (χ0v) is 13.2. The molecule has 0 saturated heterocycles. The third kappa shape index (κ3) is 2.05. The molecule has 1 aliphatic carbocycles. The summed E-state index contributed by atoms with van der Waals surface area (Å²) in [4.78, 5) is 25.5. The van der Waals surface area contributed by atoms with E-state index in [0.29, 0.717) is 0 Å². The van der Waals surface area contributed by atoms with Gasteiger partial charge in [0.1, 0.15) is 11.5 Å². The maximum atomic E-state index is 12.8. The predicted octanol–water partition coefficient (Wildman–Crippen LogP) is 2.95. The van der Waals surface area contributed by atoms with Gasteiger partial charge in [0.05, 0.1) is 11.1 Å². The Hall–Kier alpha value is -3.80. The van der Waals surface area contributed by atoms with Crippen LogP contribution in [0.2, 0.25) is 0 Å². The summed E-state index contributed by atoms with van der Waals surface area (Å²) in [5.74, 6) is -2.83. The predicted molar refractivity (Wildman–Crippen MR) is 91.8 cm³/mol. The number of ketones is 2. The fraction of sp³-hybridized carbons (Fsp3) is 0. The molecule has 0 unspecified atom stereocenters. The van der Waals surface area contributed by atoms with Gasteiger partial charge < -0.3 is 20.4 Å². The van der Waals surface area contributed by atoms with Gasteiger partial charge >= 0.3 is 0 Å². The first-order chi connectivity index (χ1) is 12.4. The molecule has 0 saturated carbocycles. The van der Waals surface area contributed by atoms with Gasteiger partial charge in [-0.2, -0.15) is 0 Å². The first-order valence-electron chi connectivity index (χ1n) is 7.70. The molecule has 1 aliphatic rings. The van der Waals surface area contributed by atoms with E-state index < -0.39 is 28.8 Å². The van der Waals surface area contributed by atoms with Crippen molar-refractivity contribution in [2.24, 2.45) is 0 Å². The van der Waals surface area contributed by atoms with Gasteiger partial charge in [0.25, 0.3) is 0 Å². The third-order valence-electron chi connectivity index (χ3n) is 4.44. The molecule has 0 heterocycles. The van der Waals surface area contributed by atoms with Gasteiger partial charge in [-0.25, -0.2) is 0 Å². The van der Waals surface area contributed by atoms with E-state index in [1.165, 1.54) is 30.3 Å². The van der Waals surface area contributed by atoms with E-state index in [1.54, 1.807) is 12.1 Å². The van der Waals surface area contributed by atoms with Crippen LogP contribution in [0.5, 0.6) is 23.0 Å². The Kier molecular flexibility index (Phi) is 3.23. The van der Waals surface area contributed by atoms with Crippen molar-refractivity contribution >= 4 is 11.6 Å². The molecule has 0 spiro atoms. The van der Waals surface area contributed by atoms with Crippen LogP contribution < -0.4 is 0 Å². The molecule has 0 bridgehead atoms. The number of benzene rings is 3. The second-order valence-electron chi connectivity index (χ2n) is 5.95. The molecule has 4 rings (SSSR count). The van der Waals surface area contributed by atoms with Crippen molar-refractivity contribution in [2.45, 2.75) is 0 Å². The fourth-order valence-corrected chi connectivity index (χ4v) is 3.17. The first kappa shape index (κ1) is 15.7. The molecule has 128 valence electrons. The number of aromatic hydroxyl groups is 4. The van der Waals surface area contributed by atoms with Crippen molar-refractivity contribution in [3.05, 3.63) is 70.8 Å². The average molecular weight is 348 g/mol. The van der Waals surface area contributed by atoms with Gasteiger partial charge in [-0.3, -0.25) is 9.59 Å². The van der Waals surface area contributed by atoms with Gasteiger partial charge in [-0.1, -0.05) is 30.3 Å². The van der Waals surface area contributed by atoms with Gasteiger partial charge in [-0.15, -0.1) is 0 Å². The number of hydrogen-bond donors (Lipinski definition) is 4. The second kappa shape index (κ2) is 5.35. The van der Waals surface area contributed by atoms with Crippen LogP contribution in [-0.4, -0.2) is 32.0 Å². The minimum absolute atomic E-state index is 0.0529. The normalized spacial score (nSPS) is 12.6. The highest BCUT2D eigenvalue weighted by atomic mass is 16.3. The van der Waals surface area contributed by atoms with Crippen LogP contribution in [0, 0.1) is 0 Å². The number of carbonyl (C=O) groups is 2. The molecule has 6 heteroatoms. The summed E-state index contributed by atoms with van der Waals surface area (Å²) in [5.41, 5.74) is 0.0847. The molecule has 3 aromatic carbocycles. The van der Waals surface area contributed by atoms with E-state index in [-0.39, 0.29) is 39.1 Å². The standard InChI is InChI=1S/C20H12O6/c21-13-6-5-9(7-14(13)22)12-8-15(23)16-17(20(12)26)19(25)11-4-2-1-3-10(11)18(16)24/h1-8,21-23,26H. The highest BCUT2D eigenvalue weighted by Crippen LogP contribution is 2.44. The van der Waals surface area contributed by atoms with Crippen LogP contribution in [0.25, 0.3) is 11.1 Å². The Morgan fingerprint density at radius 1 is 0.577 bits per heavy atom. The van der Waals surface area contributed by atoms with Gasteiger partial charge in [-0.05, 0) is 23.8 Å². The van der Waals surface area contributed by atoms with Crippen LogP contribution in [0.1, 0.15) is 31.8 Å². The smallest absolute Gasteiger partial charge is 0.198 e. The summed E-state index contributed by atoms with van der Waals surface area (Å²) in [7, 11) is 0. The first-order valence-corrected chi connectivity index (χ1v) is 7.70. The summed E-state index contributed by atoms with van der Waals surface area (Å²) in [6.07, 6.45) is 0. The van der Waals surface area contributed by atoms with Crippen molar-refractivity contribution in [2.75, 3.05) is 0 Å². The Morgan fingerprint density at radius 3 is 1.81 bits per heavy atom. The lowest BCUT2D eigenvalue weighted by Crippen LogP contribution is -2.21. The van der Waals surface area contributed by atoms with Crippen LogP contribution in [-0.2, 0) is 0 Å². The quantitative estimate of drug-likeness (QED) is 0.310. The highest BCUT2D eigenvalue weighted by Gasteiger charge is 2.35. The van der Waals surface area contributed by atoms with Gasteiger partial charge in [0.2, 0.25) is 0 Å². The summed E-state index contributed by atoms with van der Waals surface area (Å²) in [6.45, 7) is 0. The van der Waals surface area contributed by atoms with Crippen molar-refractivity contribution in [3.63, 3.8) is 0 Å². The topological polar surface area (TPSA) is 115 Å². The van der Waals surface area contributed by atoms with Gasteiger partial charge in [0.15, 0.2) is 23.1 Å². The lowest BCUT2D eigenvalue weighted by atomic mass is 9.81. The van der Waals surface area contributed by atoms with Gasteiger partial charge in [0, 0.05) is 16.7 Å². The SMILES string of the molecule is O=C1c2ccccc2C(=O)c2c(O)c(-c3ccc(O)c(O)c3)cc(O)c21. The number of hydrogen-bond acceptors (Lipinski definition) is 6. The Balaban J connectivity index is 2.01. The highest BCUT2D eigenvalue weighted by molar-refractivity contribution is 6.30. The molecule has 0 radical (unpaired) electrons. The Labute approximate surface area is 147 Å². The summed E-state index contributed by atoms with van der Waals surface area (Å²) < 4.78 is 0. The number of fused-ring (bicyclic) bond motifs is 2. The zero-order chi connectivity index (χ0) is 18.6. The molecule has 0 amide bonds. The zero-order valence-electron chi connectivity index (χ0n) is 13.2. The lowest BCUT2D eigenvalue weighted by molar-refractivity contribution is 0.0974. The monoisotopic (exact) mass is 348 g/mol. The van der Waals surface area contributed by atoms with E-state index in [9.17, 15) is 30.0 Å². The van der Waals surface area contributed by atoms with E-state index >= 15 is 0 Å². The van der Waals surface area contributed by atoms with Crippen molar-refractivity contribution in [1.82, 2.24) is 0 Å². The van der Waals surface area contributed by atoms with Crippen LogP contribution in [0.3, 0.4) is 0 Å². The van der Waals surface area contributed by atoms with Crippen LogP contribution >= 0.6 is 0 Å². The molecule has 0 fully saturated rings. The lowest BCUT2D eigenvalue weighted by Gasteiger charge is -2.21. The largest absolute Gasteiger partial charge is 0.507 e. The number of rotatable bonds is 1. The average Bonchev–Trinajstić information content (AvgIpc) is 2.63. The number of phenolic OH excluding ortho intramolecular Hbond substituents is 4. The molecule has 0 aliphatic heterocycles. The summed E-state index contributed by atoms with van der Waals surface area (Å²) >= 11 is 0. The minimum atomic E-state index is -0.576. The molecule has 4 N–H and O–H groups in total. The second-order valence-corrected chi connectivity index (χ2v) is 5.95. The molecular weight excluding hydrogens is 336 g/mol. The number of carbonyl (C=O) groups excluding carboxylic acids is 2. The van der Waals surface area contributed by atoms with E-state index in [0.717, 1.165) is 6.07 Å². The van der Waals surface area contributed by atoms with Crippen molar-refractivity contribution in [1.29, 1.82) is 0 Å². The summed E-state index contributed by atoms with van der Waals surface area (Å²) in [5, 5.41) is 40.1. The molecular formula is C20H12O6. The third-order valence-corrected chi connectivity index (χ3v) is 4.44. The van der Waals surface area contributed by atoms with Crippen LogP contribution in [0.4, 0.5) is 0 Å². The maximum Gasteiger partial charge on any atom is 0.198 e.